The van der Waals surface area contributed by atoms with Crippen LogP contribution in [-0.4, -0.2) is 31.3 Å². The van der Waals surface area contributed by atoms with Gasteiger partial charge in [-0.2, -0.15) is 0 Å². The van der Waals surface area contributed by atoms with Crippen molar-refractivity contribution in [2.45, 2.75) is 37.9 Å². The van der Waals surface area contributed by atoms with Gasteiger partial charge >= 0.3 is 0 Å². The zero-order valence-electron chi connectivity index (χ0n) is 8.98. The number of hydrogen-bond donors (Lipinski definition) is 0. The number of alkyl halides is 1. The Morgan fingerprint density at radius 3 is 2.87 bits per heavy atom. The van der Waals surface area contributed by atoms with Crippen LogP contribution in [0.1, 0.15) is 32.7 Å². The molecule has 1 aliphatic carbocycles. The summed E-state index contributed by atoms with van der Waals surface area (Å²) in [5, 5.41) is 13.8. The highest BCUT2D eigenvalue weighted by Gasteiger charge is 2.28. The average Bonchev–Trinajstić information content (AvgIpc) is 2.95. The predicted molar refractivity (Wildman–Crippen MR) is 64.4 cm³/mol. The van der Waals surface area contributed by atoms with Crippen molar-refractivity contribution >= 4 is 27.7 Å². The summed E-state index contributed by atoms with van der Waals surface area (Å²) in [4.78, 5) is 0. The molecular formula is C9H15BrN4S. The van der Waals surface area contributed by atoms with Gasteiger partial charge in [0.25, 0.3) is 0 Å². The fourth-order valence-corrected chi connectivity index (χ4v) is 2.62. The molecule has 0 radical (unpaired) electrons. The smallest absolute Gasteiger partial charge is 0.209 e. The van der Waals surface area contributed by atoms with Crippen LogP contribution < -0.4 is 0 Å². The molecule has 0 unspecified atom stereocenters. The third-order valence-electron chi connectivity index (χ3n) is 2.31. The first-order valence-corrected chi connectivity index (χ1v) is 7.20. The second kappa shape index (κ2) is 4.41. The molecule has 0 spiro atoms. The van der Waals surface area contributed by atoms with E-state index in [0.29, 0.717) is 6.04 Å². The van der Waals surface area contributed by atoms with Gasteiger partial charge in [0.1, 0.15) is 0 Å². The van der Waals surface area contributed by atoms with Crippen LogP contribution >= 0.6 is 27.7 Å². The molecule has 0 saturated heterocycles. The van der Waals surface area contributed by atoms with Crippen LogP contribution in [0.5, 0.6) is 0 Å². The van der Waals surface area contributed by atoms with E-state index in [1.54, 1.807) is 11.8 Å². The van der Waals surface area contributed by atoms with E-state index in [2.05, 4.69) is 45.3 Å². The van der Waals surface area contributed by atoms with Crippen molar-refractivity contribution in [1.29, 1.82) is 0 Å². The van der Waals surface area contributed by atoms with Crippen LogP contribution in [-0.2, 0) is 0 Å². The molecule has 1 aromatic rings. The van der Waals surface area contributed by atoms with Gasteiger partial charge in [-0.15, -0.1) is 5.10 Å². The van der Waals surface area contributed by atoms with Crippen molar-refractivity contribution in [2.24, 2.45) is 5.41 Å². The third-order valence-corrected chi connectivity index (χ3v) is 5.28. The van der Waals surface area contributed by atoms with Crippen molar-refractivity contribution in [2.75, 3.05) is 11.1 Å². The zero-order chi connectivity index (χ0) is 10.9. The van der Waals surface area contributed by atoms with Crippen molar-refractivity contribution in [3.05, 3.63) is 0 Å². The summed E-state index contributed by atoms with van der Waals surface area (Å²) in [6.45, 7) is 4.47. The highest BCUT2D eigenvalue weighted by molar-refractivity contribution is 9.09. The summed E-state index contributed by atoms with van der Waals surface area (Å²) in [5.74, 6) is 1.03. The van der Waals surface area contributed by atoms with Crippen molar-refractivity contribution < 1.29 is 0 Å². The molecule has 0 aromatic carbocycles. The summed E-state index contributed by atoms with van der Waals surface area (Å²) in [6, 6.07) is 0.564. The fourth-order valence-electron chi connectivity index (χ4n) is 1.13. The highest BCUT2D eigenvalue weighted by atomic mass is 79.9. The Labute approximate surface area is 102 Å². The Kier molecular flexibility index (Phi) is 3.35. The second-order valence-corrected chi connectivity index (χ2v) is 6.23. The molecule has 0 amide bonds. The maximum Gasteiger partial charge on any atom is 0.209 e. The Balaban J connectivity index is 1.95. The molecule has 4 nitrogen and oxygen atoms in total. The molecule has 1 aromatic heterocycles. The van der Waals surface area contributed by atoms with E-state index in [1.807, 2.05) is 4.68 Å². The van der Waals surface area contributed by atoms with Crippen molar-refractivity contribution in [1.82, 2.24) is 20.2 Å². The largest absolute Gasteiger partial charge is 0.217 e. The fraction of sp³-hybridized carbons (Fsp3) is 0.889. The molecule has 2 rings (SSSR count). The van der Waals surface area contributed by atoms with Crippen molar-refractivity contribution in [3.63, 3.8) is 0 Å². The summed E-state index contributed by atoms with van der Waals surface area (Å²) in [5.41, 5.74) is 0.283. The van der Waals surface area contributed by atoms with E-state index in [1.165, 1.54) is 12.8 Å². The molecular weight excluding hydrogens is 276 g/mol. The van der Waals surface area contributed by atoms with Crippen LogP contribution in [0.15, 0.2) is 5.16 Å². The van der Waals surface area contributed by atoms with Gasteiger partial charge in [-0.3, -0.25) is 0 Å². The van der Waals surface area contributed by atoms with Crippen molar-refractivity contribution in [3.8, 4) is 0 Å². The molecule has 15 heavy (non-hydrogen) atoms. The van der Waals surface area contributed by atoms with Crippen LogP contribution in [0.2, 0.25) is 0 Å². The molecule has 1 saturated carbocycles. The molecule has 0 aliphatic heterocycles. The lowest BCUT2D eigenvalue weighted by Crippen LogP contribution is -2.16. The minimum Gasteiger partial charge on any atom is -0.217 e. The number of thioether (sulfide) groups is 1. The van der Waals surface area contributed by atoms with Gasteiger partial charge in [-0.1, -0.05) is 41.5 Å². The van der Waals surface area contributed by atoms with Gasteiger partial charge in [0.2, 0.25) is 5.16 Å². The normalized spacial score (nSPS) is 17.0. The number of halogens is 1. The van der Waals surface area contributed by atoms with E-state index in [-0.39, 0.29) is 5.41 Å². The molecule has 1 fully saturated rings. The van der Waals surface area contributed by atoms with Crippen LogP contribution in [0.25, 0.3) is 0 Å². The number of rotatable bonds is 5. The Morgan fingerprint density at radius 1 is 1.53 bits per heavy atom. The van der Waals surface area contributed by atoms with Gasteiger partial charge in [-0.05, 0) is 28.7 Å². The topological polar surface area (TPSA) is 43.6 Å². The molecule has 1 aliphatic rings. The summed E-state index contributed by atoms with van der Waals surface area (Å²) < 4.78 is 1.97. The highest BCUT2D eigenvalue weighted by Crippen LogP contribution is 2.37. The first kappa shape index (κ1) is 11.4. The van der Waals surface area contributed by atoms with Gasteiger partial charge in [0.15, 0.2) is 0 Å². The summed E-state index contributed by atoms with van der Waals surface area (Å²) in [7, 11) is 0. The summed E-state index contributed by atoms with van der Waals surface area (Å²) >= 11 is 5.27. The van der Waals surface area contributed by atoms with Gasteiger partial charge in [-0.25, -0.2) is 4.68 Å². The number of aromatic nitrogens is 4. The number of tetrazole rings is 1. The minimum absolute atomic E-state index is 0.283. The van der Waals surface area contributed by atoms with Crippen LogP contribution in [0.4, 0.5) is 0 Å². The Hall–Kier alpha value is -0.100. The van der Waals surface area contributed by atoms with Gasteiger partial charge in [0, 0.05) is 11.1 Å². The maximum absolute atomic E-state index is 4.06. The SMILES string of the molecule is CC(C)(CBr)CSc1nnnn1C1CC1. The quantitative estimate of drug-likeness (QED) is 0.617. The maximum atomic E-state index is 4.06. The third kappa shape index (κ3) is 2.93. The first-order valence-electron chi connectivity index (χ1n) is 5.09. The molecule has 1 heterocycles. The van der Waals surface area contributed by atoms with Gasteiger partial charge in [0.05, 0.1) is 6.04 Å². The van der Waals surface area contributed by atoms with Crippen LogP contribution in [0.3, 0.4) is 0 Å². The summed E-state index contributed by atoms with van der Waals surface area (Å²) in [6.07, 6.45) is 2.45. The number of hydrogen-bond acceptors (Lipinski definition) is 4. The standard InChI is InChI=1S/C9H15BrN4S/c1-9(2,5-10)6-15-8-11-12-13-14(8)7-3-4-7/h7H,3-6H2,1-2H3. The van der Waals surface area contributed by atoms with E-state index < -0.39 is 0 Å². The van der Waals surface area contributed by atoms with Gasteiger partial charge < -0.3 is 0 Å². The van der Waals surface area contributed by atoms with E-state index in [4.69, 9.17) is 0 Å². The lowest BCUT2D eigenvalue weighted by Gasteiger charge is -2.19. The van der Waals surface area contributed by atoms with E-state index in [0.717, 1.165) is 16.2 Å². The lowest BCUT2D eigenvalue weighted by molar-refractivity contribution is 0.493. The average molecular weight is 291 g/mol. The Morgan fingerprint density at radius 2 is 2.27 bits per heavy atom. The minimum atomic E-state index is 0.283. The molecule has 0 bridgehead atoms. The second-order valence-electron chi connectivity index (χ2n) is 4.72. The monoisotopic (exact) mass is 290 g/mol. The Bertz CT molecular complexity index is 335. The molecule has 0 N–H and O–H groups in total. The first-order chi connectivity index (χ1) is 7.12. The number of nitrogens with zero attached hydrogens (tertiary/aromatic N) is 4. The van der Waals surface area contributed by atoms with E-state index >= 15 is 0 Å². The lowest BCUT2D eigenvalue weighted by atomic mass is 10.0. The molecule has 6 heteroatoms. The predicted octanol–water partition coefficient (Wildman–Crippen LogP) is 2.52. The molecule has 0 atom stereocenters. The molecule has 84 valence electrons. The van der Waals surface area contributed by atoms with E-state index in [9.17, 15) is 0 Å². The van der Waals surface area contributed by atoms with Crippen LogP contribution in [0, 0.1) is 5.41 Å². The zero-order valence-corrected chi connectivity index (χ0v) is 11.4.